The molecule has 2 rings (SSSR count). The number of aromatic nitrogens is 2. The van der Waals surface area contributed by atoms with Crippen LogP contribution in [0.4, 0.5) is 0 Å². The molecular weight excluding hydrogens is 256 g/mol. The van der Waals surface area contributed by atoms with Gasteiger partial charge in [0, 0.05) is 6.04 Å². The molecule has 5 heteroatoms. The van der Waals surface area contributed by atoms with Crippen molar-refractivity contribution < 1.29 is 14.9 Å². The topological polar surface area (TPSA) is 67.5 Å². The van der Waals surface area contributed by atoms with Crippen molar-refractivity contribution in [2.75, 3.05) is 7.11 Å². The van der Waals surface area contributed by atoms with Crippen molar-refractivity contribution in [1.29, 1.82) is 0 Å². The number of benzene rings is 1. The van der Waals surface area contributed by atoms with Gasteiger partial charge in [-0.15, -0.1) is 0 Å². The third kappa shape index (κ3) is 2.36. The van der Waals surface area contributed by atoms with Crippen molar-refractivity contribution in [2.45, 2.75) is 32.4 Å². The number of phenols is 1. The van der Waals surface area contributed by atoms with Gasteiger partial charge in [0.2, 0.25) is 0 Å². The maximum absolute atomic E-state index is 11.0. The van der Waals surface area contributed by atoms with E-state index in [1.165, 1.54) is 0 Å². The summed E-state index contributed by atoms with van der Waals surface area (Å²) in [6.45, 7) is 5.67. The van der Waals surface area contributed by atoms with E-state index in [2.05, 4.69) is 5.10 Å². The number of phenolic OH excluding ortho intramolecular Hbond substituents is 1. The quantitative estimate of drug-likeness (QED) is 0.900. The van der Waals surface area contributed by atoms with Crippen LogP contribution >= 0.6 is 0 Å². The maximum Gasteiger partial charge on any atom is 0.163 e. The van der Waals surface area contributed by atoms with Gasteiger partial charge < -0.3 is 14.9 Å². The molecule has 0 amide bonds. The Morgan fingerprint density at radius 3 is 2.35 bits per heavy atom. The van der Waals surface area contributed by atoms with Crippen LogP contribution < -0.4 is 4.74 Å². The zero-order chi connectivity index (χ0) is 14.9. The standard InChI is InChI=1S/C15H20N2O3/c1-10(2)17-14(13(20-4)9-16-17)15(3,19)11-5-7-12(18)8-6-11/h5-10,18-19H,1-4H3. The molecule has 1 aromatic carbocycles. The number of aliphatic hydroxyl groups is 1. The normalized spacial score (nSPS) is 14.3. The molecule has 0 aliphatic carbocycles. The van der Waals surface area contributed by atoms with Gasteiger partial charge in [0.05, 0.1) is 13.3 Å². The molecule has 0 saturated carbocycles. The lowest BCUT2D eigenvalue weighted by Crippen LogP contribution is -2.28. The van der Waals surface area contributed by atoms with Crippen LogP contribution in [0.15, 0.2) is 30.5 Å². The van der Waals surface area contributed by atoms with E-state index >= 15 is 0 Å². The molecule has 1 atom stereocenters. The van der Waals surface area contributed by atoms with Crippen LogP contribution in [0, 0.1) is 0 Å². The van der Waals surface area contributed by atoms with Gasteiger partial charge in [-0.1, -0.05) is 12.1 Å². The lowest BCUT2D eigenvalue weighted by molar-refractivity contribution is 0.0867. The fraction of sp³-hybridized carbons (Fsp3) is 0.400. The lowest BCUT2D eigenvalue weighted by Gasteiger charge is -2.27. The van der Waals surface area contributed by atoms with E-state index in [4.69, 9.17) is 4.74 Å². The van der Waals surface area contributed by atoms with E-state index in [0.717, 1.165) is 0 Å². The summed E-state index contributed by atoms with van der Waals surface area (Å²) in [5.74, 6) is 0.700. The van der Waals surface area contributed by atoms with Crippen molar-refractivity contribution in [2.24, 2.45) is 0 Å². The highest BCUT2D eigenvalue weighted by atomic mass is 16.5. The van der Waals surface area contributed by atoms with E-state index in [1.807, 2.05) is 13.8 Å². The van der Waals surface area contributed by atoms with E-state index in [9.17, 15) is 10.2 Å². The van der Waals surface area contributed by atoms with Crippen LogP contribution in [-0.4, -0.2) is 27.1 Å². The summed E-state index contributed by atoms with van der Waals surface area (Å²) >= 11 is 0. The minimum atomic E-state index is -1.26. The summed E-state index contributed by atoms with van der Waals surface area (Å²) in [6.07, 6.45) is 1.60. The van der Waals surface area contributed by atoms with Crippen molar-refractivity contribution in [3.8, 4) is 11.5 Å². The molecule has 0 spiro atoms. The first-order valence-electron chi connectivity index (χ1n) is 6.51. The molecule has 20 heavy (non-hydrogen) atoms. The fourth-order valence-corrected chi connectivity index (χ4v) is 2.27. The predicted molar refractivity (Wildman–Crippen MR) is 75.9 cm³/mol. The predicted octanol–water partition coefficient (Wildman–Crippen LogP) is 2.43. The summed E-state index contributed by atoms with van der Waals surface area (Å²) in [5, 5.41) is 24.6. The first-order chi connectivity index (χ1) is 9.37. The number of aromatic hydroxyl groups is 1. The first kappa shape index (κ1) is 14.4. The SMILES string of the molecule is COc1cnn(C(C)C)c1C(C)(O)c1ccc(O)cc1. The summed E-state index contributed by atoms with van der Waals surface area (Å²) in [6, 6.07) is 6.56. The second-order valence-corrected chi connectivity index (χ2v) is 5.22. The number of rotatable bonds is 4. The van der Waals surface area contributed by atoms with Gasteiger partial charge >= 0.3 is 0 Å². The van der Waals surface area contributed by atoms with E-state index in [1.54, 1.807) is 49.2 Å². The number of nitrogens with zero attached hydrogens (tertiary/aromatic N) is 2. The van der Waals surface area contributed by atoms with E-state index in [0.29, 0.717) is 17.0 Å². The second-order valence-electron chi connectivity index (χ2n) is 5.22. The highest BCUT2D eigenvalue weighted by molar-refractivity contribution is 5.41. The van der Waals surface area contributed by atoms with Gasteiger partial charge in [-0.05, 0) is 38.5 Å². The van der Waals surface area contributed by atoms with E-state index < -0.39 is 5.60 Å². The minimum absolute atomic E-state index is 0.0949. The van der Waals surface area contributed by atoms with Crippen LogP contribution in [0.1, 0.15) is 38.1 Å². The van der Waals surface area contributed by atoms with Gasteiger partial charge in [-0.3, -0.25) is 4.68 Å². The molecule has 108 valence electrons. The molecule has 1 aromatic heterocycles. The van der Waals surface area contributed by atoms with Gasteiger partial charge in [0.1, 0.15) is 17.0 Å². The molecule has 0 aliphatic heterocycles. The van der Waals surface area contributed by atoms with Gasteiger partial charge in [0.25, 0.3) is 0 Å². The lowest BCUT2D eigenvalue weighted by atomic mass is 9.91. The van der Waals surface area contributed by atoms with Crippen LogP contribution in [0.3, 0.4) is 0 Å². The van der Waals surface area contributed by atoms with Crippen molar-refractivity contribution in [1.82, 2.24) is 9.78 Å². The van der Waals surface area contributed by atoms with Crippen molar-refractivity contribution >= 4 is 0 Å². The second kappa shape index (κ2) is 5.17. The Bertz CT molecular complexity index is 586. The number of methoxy groups -OCH3 is 1. The zero-order valence-electron chi connectivity index (χ0n) is 12.2. The Balaban J connectivity index is 2.58. The largest absolute Gasteiger partial charge is 0.508 e. The zero-order valence-corrected chi connectivity index (χ0v) is 12.2. The number of ether oxygens (including phenoxy) is 1. The fourth-order valence-electron chi connectivity index (χ4n) is 2.27. The summed E-state index contributed by atoms with van der Waals surface area (Å²) in [5.41, 5.74) is -0.00325. The molecule has 0 radical (unpaired) electrons. The highest BCUT2D eigenvalue weighted by Crippen LogP contribution is 2.37. The minimum Gasteiger partial charge on any atom is -0.508 e. The average Bonchev–Trinajstić information content (AvgIpc) is 2.84. The molecule has 0 fully saturated rings. The van der Waals surface area contributed by atoms with Crippen LogP contribution in [0.25, 0.3) is 0 Å². The summed E-state index contributed by atoms with van der Waals surface area (Å²) in [4.78, 5) is 0. The maximum atomic E-state index is 11.0. The Labute approximate surface area is 118 Å². The molecule has 2 N–H and O–H groups in total. The average molecular weight is 276 g/mol. The Morgan fingerprint density at radius 2 is 1.85 bits per heavy atom. The number of hydrogen-bond acceptors (Lipinski definition) is 4. The summed E-state index contributed by atoms with van der Waals surface area (Å²) < 4.78 is 7.06. The van der Waals surface area contributed by atoms with Crippen LogP contribution in [0.2, 0.25) is 0 Å². The molecule has 0 saturated heterocycles. The third-order valence-electron chi connectivity index (χ3n) is 3.36. The van der Waals surface area contributed by atoms with Crippen molar-refractivity contribution in [3.63, 3.8) is 0 Å². The number of hydrogen-bond donors (Lipinski definition) is 2. The van der Waals surface area contributed by atoms with Crippen molar-refractivity contribution in [3.05, 3.63) is 41.7 Å². The molecule has 5 nitrogen and oxygen atoms in total. The molecule has 1 unspecified atom stereocenters. The first-order valence-corrected chi connectivity index (χ1v) is 6.51. The molecular formula is C15H20N2O3. The Kier molecular flexibility index (Phi) is 3.72. The van der Waals surface area contributed by atoms with Gasteiger partial charge in [0.15, 0.2) is 5.75 Å². The Hall–Kier alpha value is -2.01. The summed E-state index contributed by atoms with van der Waals surface area (Å²) in [7, 11) is 1.55. The van der Waals surface area contributed by atoms with E-state index in [-0.39, 0.29) is 11.8 Å². The molecule has 0 aliphatic rings. The van der Waals surface area contributed by atoms with Gasteiger partial charge in [-0.2, -0.15) is 5.10 Å². The van der Waals surface area contributed by atoms with Crippen LogP contribution in [-0.2, 0) is 5.60 Å². The van der Waals surface area contributed by atoms with Gasteiger partial charge in [-0.25, -0.2) is 0 Å². The molecule has 2 aromatic rings. The Morgan fingerprint density at radius 1 is 1.25 bits per heavy atom. The smallest absolute Gasteiger partial charge is 0.163 e. The highest BCUT2D eigenvalue weighted by Gasteiger charge is 2.34. The molecule has 1 heterocycles. The van der Waals surface area contributed by atoms with Crippen LogP contribution in [0.5, 0.6) is 11.5 Å². The third-order valence-corrected chi connectivity index (χ3v) is 3.36. The monoisotopic (exact) mass is 276 g/mol. The molecule has 0 bridgehead atoms.